The molecule has 0 saturated heterocycles. The zero-order chi connectivity index (χ0) is 16.0. The maximum absolute atomic E-state index is 10.8. The topological polar surface area (TPSA) is 63.6 Å². The predicted octanol–water partition coefficient (Wildman–Crippen LogP) is 5.41. The lowest BCUT2D eigenvalue weighted by atomic mass is 10.1. The third-order valence-electron chi connectivity index (χ3n) is 3.42. The van der Waals surface area contributed by atoms with E-state index in [0.717, 1.165) is 32.1 Å². The van der Waals surface area contributed by atoms with Crippen LogP contribution in [-0.2, 0) is 14.6 Å². The Kier molecular flexibility index (Phi) is 12.8. The van der Waals surface area contributed by atoms with Gasteiger partial charge in [-0.2, -0.15) is 8.42 Å². The number of allylic oxidation sites excluding steroid dienone is 2. The van der Waals surface area contributed by atoms with Gasteiger partial charge in [0.1, 0.15) is 5.76 Å². The molecule has 0 fully saturated rings. The summed E-state index contributed by atoms with van der Waals surface area (Å²) in [6.07, 6.45) is 14.6. The van der Waals surface area contributed by atoms with Crippen LogP contribution in [-0.4, -0.2) is 13.0 Å². The maximum atomic E-state index is 10.8. The predicted molar refractivity (Wildman–Crippen MR) is 87.5 cm³/mol. The van der Waals surface area contributed by atoms with Gasteiger partial charge in [0, 0.05) is 6.42 Å². The minimum atomic E-state index is -4.39. The first-order valence-corrected chi connectivity index (χ1v) is 9.72. The molecule has 0 aromatic heterocycles. The van der Waals surface area contributed by atoms with E-state index in [9.17, 15) is 8.42 Å². The van der Waals surface area contributed by atoms with Crippen LogP contribution in [0.1, 0.15) is 90.9 Å². The van der Waals surface area contributed by atoms with Gasteiger partial charge in [0.05, 0.1) is 0 Å². The Balaban J connectivity index is 4.05. The van der Waals surface area contributed by atoms with Crippen LogP contribution in [0.25, 0.3) is 0 Å². The van der Waals surface area contributed by atoms with Crippen LogP contribution in [0.2, 0.25) is 0 Å². The van der Waals surface area contributed by atoms with Crippen molar-refractivity contribution in [1.82, 2.24) is 0 Å². The Labute approximate surface area is 130 Å². The van der Waals surface area contributed by atoms with Crippen LogP contribution in [0.15, 0.2) is 11.8 Å². The van der Waals surface area contributed by atoms with E-state index in [4.69, 9.17) is 4.55 Å². The number of hydrogen-bond donors (Lipinski definition) is 1. The molecule has 4 nitrogen and oxygen atoms in total. The van der Waals surface area contributed by atoms with Crippen molar-refractivity contribution in [2.24, 2.45) is 0 Å². The van der Waals surface area contributed by atoms with E-state index < -0.39 is 10.4 Å². The standard InChI is InChI=1S/C16H32O4S/c1-3-5-7-9-11-13-15-16(20-21(17,18)19)14-12-10-8-6-4-2/h14H,3-13,15H2,1-2H3,(H,17,18,19)/b16-14-. The Morgan fingerprint density at radius 2 is 1.43 bits per heavy atom. The van der Waals surface area contributed by atoms with Crippen molar-refractivity contribution in [1.29, 1.82) is 0 Å². The summed E-state index contributed by atoms with van der Waals surface area (Å²) in [5.41, 5.74) is 0. The molecule has 0 aromatic rings. The van der Waals surface area contributed by atoms with E-state index in [1.54, 1.807) is 0 Å². The molecule has 0 aliphatic rings. The number of rotatable bonds is 14. The smallest absolute Gasteiger partial charge is 0.367 e. The van der Waals surface area contributed by atoms with E-state index in [-0.39, 0.29) is 0 Å². The molecule has 0 amide bonds. The molecular formula is C16H32O4S. The van der Waals surface area contributed by atoms with Gasteiger partial charge in [0.2, 0.25) is 0 Å². The van der Waals surface area contributed by atoms with Crippen molar-refractivity contribution in [3.8, 4) is 0 Å². The highest BCUT2D eigenvalue weighted by molar-refractivity contribution is 7.81. The summed E-state index contributed by atoms with van der Waals surface area (Å²) >= 11 is 0. The van der Waals surface area contributed by atoms with Gasteiger partial charge in [0.15, 0.2) is 0 Å². The van der Waals surface area contributed by atoms with Crippen LogP contribution < -0.4 is 0 Å². The van der Waals surface area contributed by atoms with Gasteiger partial charge in [-0.15, -0.1) is 0 Å². The molecule has 0 aliphatic heterocycles. The molecule has 0 bridgehead atoms. The second-order valence-electron chi connectivity index (χ2n) is 5.55. The number of hydrogen-bond acceptors (Lipinski definition) is 3. The monoisotopic (exact) mass is 320 g/mol. The van der Waals surface area contributed by atoms with Crippen molar-refractivity contribution < 1.29 is 17.2 Å². The molecule has 126 valence electrons. The van der Waals surface area contributed by atoms with E-state index in [1.807, 2.05) is 6.08 Å². The molecule has 0 atom stereocenters. The first-order valence-electron chi connectivity index (χ1n) is 8.35. The second-order valence-corrected chi connectivity index (χ2v) is 6.57. The minimum Gasteiger partial charge on any atom is -0.367 e. The van der Waals surface area contributed by atoms with Gasteiger partial charge in [-0.3, -0.25) is 4.55 Å². The first kappa shape index (κ1) is 20.5. The average molecular weight is 320 g/mol. The molecule has 0 rings (SSSR count). The van der Waals surface area contributed by atoms with Gasteiger partial charge in [-0.05, 0) is 25.3 Å². The highest BCUT2D eigenvalue weighted by atomic mass is 32.3. The third kappa shape index (κ3) is 15.7. The fraction of sp³-hybridized carbons (Fsp3) is 0.875. The molecule has 0 saturated carbocycles. The highest BCUT2D eigenvalue weighted by Gasteiger charge is 2.09. The van der Waals surface area contributed by atoms with Crippen molar-refractivity contribution in [2.75, 3.05) is 0 Å². The molecule has 0 unspecified atom stereocenters. The summed E-state index contributed by atoms with van der Waals surface area (Å²) in [5, 5.41) is 0. The summed E-state index contributed by atoms with van der Waals surface area (Å²) in [6, 6.07) is 0. The maximum Gasteiger partial charge on any atom is 0.446 e. The molecule has 0 heterocycles. The lowest BCUT2D eigenvalue weighted by molar-refractivity contribution is 0.318. The van der Waals surface area contributed by atoms with Crippen LogP contribution in [0.5, 0.6) is 0 Å². The Bertz CT molecular complexity index is 360. The van der Waals surface area contributed by atoms with E-state index in [0.29, 0.717) is 12.2 Å². The summed E-state index contributed by atoms with van der Waals surface area (Å²) in [7, 11) is -4.39. The van der Waals surface area contributed by atoms with Crippen LogP contribution in [0, 0.1) is 0 Å². The van der Waals surface area contributed by atoms with Crippen molar-refractivity contribution in [3.63, 3.8) is 0 Å². The Hall–Kier alpha value is -0.550. The van der Waals surface area contributed by atoms with Gasteiger partial charge in [-0.1, -0.05) is 65.2 Å². The van der Waals surface area contributed by atoms with Crippen LogP contribution in [0.4, 0.5) is 0 Å². The van der Waals surface area contributed by atoms with Gasteiger partial charge in [-0.25, -0.2) is 0 Å². The zero-order valence-corrected chi connectivity index (χ0v) is 14.5. The lowest BCUT2D eigenvalue weighted by Gasteiger charge is -2.07. The molecule has 1 N–H and O–H groups in total. The Morgan fingerprint density at radius 1 is 0.905 bits per heavy atom. The third-order valence-corrected chi connectivity index (χ3v) is 3.84. The molecular weight excluding hydrogens is 288 g/mol. The van der Waals surface area contributed by atoms with Crippen molar-refractivity contribution in [2.45, 2.75) is 90.9 Å². The van der Waals surface area contributed by atoms with Crippen LogP contribution >= 0.6 is 0 Å². The fourth-order valence-corrected chi connectivity index (χ4v) is 2.65. The quantitative estimate of drug-likeness (QED) is 0.264. The average Bonchev–Trinajstić information content (AvgIpc) is 2.40. The van der Waals surface area contributed by atoms with Crippen molar-refractivity contribution in [3.05, 3.63) is 11.8 Å². The summed E-state index contributed by atoms with van der Waals surface area (Å²) < 4.78 is 35.2. The summed E-state index contributed by atoms with van der Waals surface area (Å²) in [6.45, 7) is 4.33. The fourth-order valence-electron chi connectivity index (χ4n) is 2.23. The van der Waals surface area contributed by atoms with Crippen molar-refractivity contribution >= 4 is 10.4 Å². The number of unbranched alkanes of at least 4 members (excludes halogenated alkanes) is 9. The van der Waals surface area contributed by atoms with E-state index in [2.05, 4.69) is 18.0 Å². The van der Waals surface area contributed by atoms with E-state index in [1.165, 1.54) is 38.5 Å². The molecule has 21 heavy (non-hydrogen) atoms. The summed E-state index contributed by atoms with van der Waals surface area (Å²) in [4.78, 5) is 0. The molecule has 0 radical (unpaired) electrons. The summed E-state index contributed by atoms with van der Waals surface area (Å²) in [5.74, 6) is 0.393. The normalized spacial score (nSPS) is 12.6. The van der Waals surface area contributed by atoms with Crippen LogP contribution in [0.3, 0.4) is 0 Å². The molecule has 5 heteroatoms. The lowest BCUT2D eigenvalue weighted by Crippen LogP contribution is -2.04. The van der Waals surface area contributed by atoms with Gasteiger partial charge >= 0.3 is 10.4 Å². The van der Waals surface area contributed by atoms with E-state index >= 15 is 0 Å². The SMILES string of the molecule is CCCCCC/C=C(/CCCCCCCC)OS(=O)(=O)O. The second kappa shape index (κ2) is 13.1. The first-order chi connectivity index (χ1) is 9.99. The minimum absolute atomic E-state index is 0.393. The van der Waals surface area contributed by atoms with Gasteiger partial charge in [0.25, 0.3) is 0 Å². The highest BCUT2D eigenvalue weighted by Crippen LogP contribution is 2.16. The molecule has 0 spiro atoms. The molecule has 0 aliphatic carbocycles. The Morgan fingerprint density at radius 3 is 2.00 bits per heavy atom. The largest absolute Gasteiger partial charge is 0.446 e. The van der Waals surface area contributed by atoms with Gasteiger partial charge < -0.3 is 4.18 Å². The molecule has 0 aromatic carbocycles. The zero-order valence-electron chi connectivity index (χ0n) is 13.6.